The smallest absolute Gasteiger partial charge is 0.306 e. The lowest BCUT2D eigenvalue weighted by atomic mass is 9.71. The van der Waals surface area contributed by atoms with Gasteiger partial charge in [-0.2, -0.15) is 0 Å². The van der Waals surface area contributed by atoms with E-state index in [0.29, 0.717) is 12.3 Å². The molecule has 0 aromatic heterocycles. The molecule has 2 rings (SSSR count). The number of aliphatic carboxylic acids is 1. The lowest BCUT2D eigenvalue weighted by Crippen LogP contribution is -2.36. The summed E-state index contributed by atoms with van der Waals surface area (Å²) in [6.07, 6.45) is 8.37. The van der Waals surface area contributed by atoms with Crippen molar-refractivity contribution in [3.05, 3.63) is 12.2 Å². The average molecular weight is 339 g/mol. The van der Waals surface area contributed by atoms with Crippen molar-refractivity contribution in [2.75, 3.05) is 6.61 Å². The van der Waals surface area contributed by atoms with E-state index in [1.165, 1.54) is 0 Å². The van der Waals surface area contributed by atoms with Gasteiger partial charge in [0.1, 0.15) is 6.61 Å². The van der Waals surface area contributed by atoms with Crippen molar-refractivity contribution in [3.8, 4) is 0 Å². The van der Waals surface area contributed by atoms with Crippen molar-refractivity contribution in [1.29, 1.82) is 0 Å². The maximum Gasteiger partial charge on any atom is 0.306 e. The lowest BCUT2D eigenvalue weighted by molar-refractivity contribution is -0.138. The van der Waals surface area contributed by atoms with Gasteiger partial charge in [0.2, 0.25) is 0 Å². The van der Waals surface area contributed by atoms with Gasteiger partial charge in [0.15, 0.2) is 0 Å². The third-order valence-corrected chi connectivity index (χ3v) is 5.07. The molecule has 2 saturated carbocycles. The number of carbonyl (C=O) groups is 1. The maximum absolute atomic E-state index is 10.4. The Bertz CT molecular complexity index is 476. The molecule has 0 aliphatic heterocycles. The van der Waals surface area contributed by atoms with E-state index in [4.69, 9.17) is 9.94 Å². The van der Waals surface area contributed by atoms with Crippen LogP contribution in [0.2, 0.25) is 0 Å². The molecule has 2 fully saturated rings. The summed E-state index contributed by atoms with van der Waals surface area (Å²) >= 11 is 0. The third-order valence-electron chi connectivity index (χ3n) is 5.07. The number of nitrogens with zero attached hydrogens (tertiary/aromatic N) is 1. The minimum Gasteiger partial charge on any atom is -0.481 e. The first-order valence-electron chi connectivity index (χ1n) is 8.97. The van der Waals surface area contributed by atoms with Crippen LogP contribution in [0.5, 0.6) is 0 Å². The fourth-order valence-electron chi connectivity index (χ4n) is 3.63. The van der Waals surface area contributed by atoms with E-state index in [9.17, 15) is 15.0 Å². The number of oxime groups is 1. The molecule has 0 amide bonds. The molecule has 0 heterocycles. The van der Waals surface area contributed by atoms with Crippen molar-refractivity contribution in [2.24, 2.45) is 22.9 Å². The van der Waals surface area contributed by atoms with Crippen LogP contribution in [-0.4, -0.2) is 45.8 Å². The van der Waals surface area contributed by atoms with Crippen LogP contribution in [0, 0.1) is 17.8 Å². The first-order valence-corrected chi connectivity index (χ1v) is 8.97. The van der Waals surface area contributed by atoms with Gasteiger partial charge in [0.25, 0.3) is 0 Å². The second-order valence-corrected chi connectivity index (χ2v) is 6.86. The zero-order valence-corrected chi connectivity index (χ0v) is 14.3. The number of aliphatic hydroxyl groups is 2. The number of hydrogen-bond donors (Lipinski definition) is 3. The molecule has 136 valence electrons. The molecular weight excluding hydrogens is 310 g/mol. The molecule has 3 N–H and O–H groups in total. The Balaban J connectivity index is 1.77. The van der Waals surface area contributed by atoms with E-state index >= 15 is 0 Å². The minimum atomic E-state index is -0.902. The van der Waals surface area contributed by atoms with Crippen molar-refractivity contribution >= 4 is 11.7 Å². The topological polar surface area (TPSA) is 99.4 Å². The Kier molecular flexibility index (Phi) is 7.24. The third kappa shape index (κ3) is 5.05. The molecule has 0 aromatic carbocycles. The summed E-state index contributed by atoms with van der Waals surface area (Å²) in [4.78, 5) is 15.5. The summed E-state index contributed by atoms with van der Waals surface area (Å²) < 4.78 is 0. The molecule has 0 saturated heterocycles. The monoisotopic (exact) mass is 339 g/mol. The van der Waals surface area contributed by atoms with Gasteiger partial charge >= 0.3 is 5.97 Å². The molecule has 0 spiro atoms. The van der Waals surface area contributed by atoms with Crippen molar-refractivity contribution in [3.63, 3.8) is 0 Å². The summed E-state index contributed by atoms with van der Waals surface area (Å²) in [5.41, 5.74) is 0.920. The number of unbranched alkanes of at least 4 members (excludes halogenated alkanes) is 2. The number of carboxylic acid groups (broad SMARTS) is 1. The zero-order chi connectivity index (χ0) is 17.5. The first-order chi connectivity index (χ1) is 11.5. The standard InChI is InChI=1S/C18H29NO5/c1-2-3-4-5-12(20)6-7-13-14-10-16(15(14)11-17(13)21)19-24-9-8-18(22)23/h6-7,12-15,17,20-21H,2-5,8-11H2,1H3,(H,22,23)/t12?,13?,14-,15-,17?/m0/s1. The first kappa shape index (κ1) is 18.9. The molecule has 3 unspecified atom stereocenters. The predicted molar refractivity (Wildman–Crippen MR) is 90.6 cm³/mol. The molecule has 6 nitrogen and oxygen atoms in total. The number of carboxylic acids is 1. The highest BCUT2D eigenvalue weighted by atomic mass is 16.6. The van der Waals surface area contributed by atoms with Crippen LogP contribution in [0.4, 0.5) is 0 Å². The Hall–Kier alpha value is -1.40. The Morgan fingerprint density at radius 3 is 2.96 bits per heavy atom. The van der Waals surface area contributed by atoms with E-state index in [1.807, 2.05) is 12.2 Å². The van der Waals surface area contributed by atoms with E-state index < -0.39 is 18.2 Å². The van der Waals surface area contributed by atoms with E-state index in [0.717, 1.165) is 37.8 Å². The SMILES string of the molecule is CCCCCC(O)C=CC1C(O)C[C@@H]2C(=NOCCC(=O)O)C[C@@H]12. The summed E-state index contributed by atoms with van der Waals surface area (Å²) in [5.74, 6) is -0.271. The second-order valence-electron chi connectivity index (χ2n) is 6.86. The summed E-state index contributed by atoms with van der Waals surface area (Å²) in [7, 11) is 0. The fourth-order valence-corrected chi connectivity index (χ4v) is 3.63. The molecule has 2 aliphatic carbocycles. The molecule has 0 aromatic rings. The van der Waals surface area contributed by atoms with Crippen LogP contribution in [0.3, 0.4) is 0 Å². The van der Waals surface area contributed by atoms with Crippen molar-refractivity contribution in [2.45, 2.75) is 64.1 Å². The highest BCUT2D eigenvalue weighted by Gasteiger charge is 2.51. The highest BCUT2D eigenvalue weighted by Crippen LogP contribution is 2.49. The van der Waals surface area contributed by atoms with Crippen molar-refractivity contribution in [1.82, 2.24) is 0 Å². The van der Waals surface area contributed by atoms with Gasteiger partial charge in [-0.3, -0.25) is 4.79 Å². The fraction of sp³-hybridized carbons (Fsp3) is 0.778. The molecule has 6 heteroatoms. The lowest BCUT2D eigenvalue weighted by Gasteiger charge is -2.34. The quantitative estimate of drug-likeness (QED) is 0.322. The molecule has 24 heavy (non-hydrogen) atoms. The summed E-state index contributed by atoms with van der Waals surface area (Å²) in [5, 5.41) is 32.8. The molecular formula is C18H29NO5. The number of hydrogen-bond acceptors (Lipinski definition) is 5. The van der Waals surface area contributed by atoms with Crippen molar-refractivity contribution < 1.29 is 25.0 Å². The zero-order valence-electron chi connectivity index (χ0n) is 14.3. The average Bonchev–Trinajstić information content (AvgIpc) is 2.77. The van der Waals surface area contributed by atoms with Crippen LogP contribution in [-0.2, 0) is 9.63 Å². The van der Waals surface area contributed by atoms with Gasteiger partial charge in [-0.1, -0.05) is 43.5 Å². The largest absolute Gasteiger partial charge is 0.481 e. The van der Waals surface area contributed by atoms with Crippen LogP contribution in [0.1, 0.15) is 51.9 Å². The molecule has 5 atom stereocenters. The normalized spacial score (nSPS) is 31.9. The van der Waals surface area contributed by atoms with E-state index in [1.54, 1.807) is 0 Å². The number of rotatable bonds is 10. The predicted octanol–water partition coefficient (Wildman–Crippen LogP) is 2.35. The molecule has 2 aliphatic rings. The van der Waals surface area contributed by atoms with Gasteiger partial charge < -0.3 is 20.2 Å². The summed E-state index contributed by atoms with van der Waals surface area (Å²) in [6.45, 7) is 2.21. The maximum atomic E-state index is 10.4. The van der Waals surface area contributed by atoms with Gasteiger partial charge in [0.05, 0.1) is 24.3 Å². The Morgan fingerprint density at radius 2 is 2.25 bits per heavy atom. The van der Waals surface area contributed by atoms with Crippen LogP contribution < -0.4 is 0 Å². The number of aliphatic hydroxyl groups excluding tert-OH is 2. The van der Waals surface area contributed by atoms with Gasteiger partial charge in [0, 0.05) is 11.8 Å². The van der Waals surface area contributed by atoms with Gasteiger partial charge in [-0.15, -0.1) is 0 Å². The van der Waals surface area contributed by atoms with Gasteiger partial charge in [-0.25, -0.2) is 0 Å². The van der Waals surface area contributed by atoms with Crippen LogP contribution in [0.25, 0.3) is 0 Å². The highest BCUT2D eigenvalue weighted by molar-refractivity contribution is 5.93. The van der Waals surface area contributed by atoms with Crippen LogP contribution in [0.15, 0.2) is 17.3 Å². The van der Waals surface area contributed by atoms with E-state index in [2.05, 4.69) is 12.1 Å². The Morgan fingerprint density at radius 1 is 1.46 bits per heavy atom. The molecule has 0 radical (unpaired) electrons. The number of fused-ring (bicyclic) bond motifs is 1. The van der Waals surface area contributed by atoms with Crippen LogP contribution >= 0.6 is 0 Å². The minimum absolute atomic E-state index is 0.0607. The molecule has 0 bridgehead atoms. The summed E-state index contributed by atoms with van der Waals surface area (Å²) in [6, 6.07) is 0. The van der Waals surface area contributed by atoms with E-state index in [-0.39, 0.29) is 24.9 Å². The Labute approximate surface area is 143 Å². The van der Waals surface area contributed by atoms with Gasteiger partial charge in [-0.05, 0) is 25.2 Å². The second kappa shape index (κ2) is 9.18.